The average Bonchev–Trinajstić information content (AvgIpc) is 2.38. The summed E-state index contributed by atoms with van der Waals surface area (Å²) < 4.78 is 0. The summed E-state index contributed by atoms with van der Waals surface area (Å²) in [6.07, 6.45) is 0.956. The van der Waals surface area contributed by atoms with Gasteiger partial charge in [-0.2, -0.15) is 0 Å². The molecule has 0 aliphatic heterocycles. The van der Waals surface area contributed by atoms with E-state index in [1.165, 1.54) is 22.3 Å². The number of nitrogens with two attached hydrogens (primary N) is 1. The fourth-order valence-corrected chi connectivity index (χ4v) is 3.51. The van der Waals surface area contributed by atoms with E-state index in [0.29, 0.717) is 0 Å². The highest BCUT2D eigenvalue weighted by Gasteiger charge is 2.33. The van der Waals surface area contributed by atoms with E-state index in [0.717, 1.165) is 19.5 Å². The number of nitrogens with zero attached hydrogens (tertiary/aromatic N) is 1. The molecule has 3 heteroatoms. The Morgan fingerprint density at radius 1 is 1.10 bits per heavy atom. The van der Waals surface area contributed by atoms with Crippen LogP contribution in [0.25, 0.3) is 0 Å². The summed E-state index contributed by atoms with van der Waals surface area (Å²) in [4.78, 5) is 2.47. The van der Waals surface area contributed by atoms with Gasteiger partial charge in [-0.05, 0) is 70.8 Å². The summed E-state index contributed by atoms with van der Waals surface area (Å²) in [5, 5.41) is 0. The monoisotopic (exact) mass is 291 g/mol. The summed E-state index contributed by atoms with van der Waals surface area (Å²) >= 11 is 0. The normalized spacial score (nSPS) is 13.8. The van der Waals surface area contributed by atoms with Gasteiger partial charge in [0.05, 0.1) is 0 Å². The molecule has 0 amide bonds. The lowest BCUT2D eigenvalue weighted by Crippen LogP contribution is -2.60. The molecule has 0 fully saturated rings. The SMILES string of the molecule is CCN(CC)C(C)(C)C(Cc1c(C)cc(C)cc1C)NN. The minimum absolute atomic E-state index is 0.0159. The van der Waals surface area contributed by atoms with Gasteiger partial charge in [0.1, 0.15) is 0 Å². The number of hydrazine groups is 1. The molecule has 1 unspecified atom stereocenters. The largest absolute Gasteiger partial charge is 0.297 e. The zero-order valence-electron chi connectivity index (χ0n) is 14.9. The maximum atomic E-state index is 5.91. The molecule has 0 bridgehead atoms. The molecule has 0 heterocycles. The fraction of sp³-hybridized carbons (Fsp3) is 0.667. The first kappa shape index (κ1) is 18.1. The van der Waals surface area contributed by atoms with Crippen molar-refractivity contribution in [1.82, 2.24) is 10.3 Å². The molecule has 0 radical (unpaired) electrons. The minimum Gasteiger partial charge on any atom is -0.297 e. The van der Waals surface area contributed by atoms with Gasteiger partial charge in [-0.15, -0.1) is 0 Å². The molecule has 3 nitrogen and oxygen atoms in total. The van der Waals surface area contributed by atoms with E-state index in [1.54, 1.807) is 0 Å². The molecule has 1 aromatic carbocycles. The highest BCUT2D eigenvalue weighted by Crippen LogP contribution is 2.25. The Kier molecular flexibility index (Phi) is 6.39. The van der Waals surface area contributed by atoms with E-state index in [2.05, 4.69) is 70.9 Å². The molecule has 120 valence electrons. The number of aryl methyl sites for hydroxylation is 3. The number of hydrogen-bond donors (Lipinski definition) is 2. The van der Waals surface area contributed by atoms with Crippen LogP contribution < -0.4 is 11.3 Å². The molecule has 0 aliphatic rings. The van der Waals surface area contributed by atoms with Gasteiger partial charge in [-0.25, -0.2) is 0 Å². The first-order valence-corrected chi connectivity index (χ1v) is 8.05. The van der Waals surface area contributed by atoms with Gasteiger partial charge < -0.3 is 0 Å². The third kappa shape index (κ3) is 4.06. The van der Waals surface area contributed by atoms with E-state index in [9.17, 15) is 0 Å². The van der Waals surface area contributed by atoms with Crippen molar-refractivity contribution in [2.75, 3.05) is 13.1 Å². The van der Waals surface area contributed by atoms with E-state index >= 15 is 0 Å². The summed E-state index contributed by atoms with van der Waals surface area (Å²) in [6, 6.07) is 4.75. The average molecular weight is 291 g/mol. The van der Waals surface area contributed by atoms with Crippen molar-refractivity contribution in [3.8, 4) is 0 Å². The summed E-state index contributed by atoms with van der Waals surface area (Å²) in [6.45, 7) is 17.6. The van der Waals surface area contributed by atoms with Crippen LogP contribution in [-0.2, 0) is 6.42 Å². The molecule has 1 atom stereocenters. The van der Waals surface area contributed by atoms with Crippen LogP contribution in [0.15, 0.2) is 12.1 Å². The molecule has 0 aromatic heterocycles. The maximum absolute atomic E-state index is 5.91. The van der Waals surface area contributed by atoms with Crippen LogP contribution in [-0.4, -0.2) is 29.6 Å². The number of nitrogens with one attached hydrogen (secondary N) is 1. The quantitative estimate of drug-likeness (QED) is 0.599. The van der Waals surface area contributed by atoms with Gasteiger partial charge in [-0.3, -0.25) is 16.2 Å². The molecule has 0 saturated carbocycles. The Morgan fingerprint density at radius 2 is 1.57 bits per heavy atom. The molecule has 0 saturated heterocycles. The van der Waals surface area contributed by atoms with Crippen molar-refractivity contribution >= 4 is 0 Å². The van der Waals surface area contributed by atoms with Gasteiger partial charge >= 0.3 is 0 Å². The van der Waals surface area contributed by atoms with Crippen molar-refractivity contribution < 1.29 is 0 Å². The standard InChI is InChI=1S/C18H33N3/c1-8-21(9-2)18(6,7)17(20-19)12-16-14(4)10-13(3)11-15(16)5/h10-11,17,20H,8-9,12,19H2,1-7H3. The lowest BCUT2D eigenvalue weighted by molar-refractivity contribution is 0.0911. The number of hydrogen-bond acceptors (Lipinski definition) is 3. The van der Waals surface area contributed by atoms with Crippen molar-refractivity contribution in [3.63, 3.8) is 0 Å². The molecule has 1 rings (SSSR count). The molecule has 21 heavy (non-hydrogen) atoms. The van der Waals surface area contributed by atoms with Crippen molar-refractivity contribution in [2.45, 2.75) is 66.5 Å². The highest BCUT2D eigenvalue weighted by molar-refractivity contribution is 5.38. The summed E-state index contributed by atoms with van der Waals surface area (Å²) in [5.74, 6) is 5.91. The lowest BCUT2D eigenvalue weighted by atomic mass is 9.85. The Bertz CT molecular complexity index is 439. The molecule has 0 aliphatic carbocycles. The zero-order chi connectivity index (χ0) is 16.2. The second-order valence-electron chi connectivity index (χ2n) is 6.63. The van der Waals surface area contributed by atoms with Gasteiger partial charge in [0.25, 0.3) is 0 Å². The van der Waals surface area contributed by atoms with Crippen LogP contribution >= 0.6 is 0 Å². The zero-order valence-corrected chi connectivity index (χ0v) is 14.9. The van der Waals surface area contributed by atoms with E-state index < -0.39 is 0 Å². The topological polar surface area (TPSA) is 41.3 Å². The molecule has 3 N–H and O–H groups in total. The maximum Gasteiger partial charge on any atom is 0.0429 e. The van der Waals surface area contributed by atoms with Crippen molar-refractivity contribution in [3.05, 3.63) is 34.4 Å². The van der Waals surface area contributed by atoms with Crippen LogP contribution in [0, 0.1) is 20.8 Å². The van der Waals surface area contributed by atoms with Crippen LogP contribution in [0.5, 0.6) is 0 Å². The van der Waals surface area contributed by atoms with Crippen LogP contribution in [0.4, 0.5) is 0 Å². The van der Waals surface area contributed by atoms with Crippen LogP contribution in [0.3, 0.4) is 0 Å². The Balaban J connectivity index is 3.08. The molecular weight excluding hydrogens is 258 g/mol. The van der Waals surface area contributed by atoms with Crippen molar-refractivity contribution in [2.24, 2.45) is 5.84 Å². The number of likely N-dealkylation sites (N-methyl/N-ethyl adjacent to an activating group) is 1. The molecule has 1 aromatic rings. The Hall–Kier alpha value is -0.900. The second kappa shape index (κ2) is 7.39. The van der Waals surface area contributed by atoms with Crippen molar-refractivity contribution in [1.29, 1.82) is 0 Å². The lowest BCUT2D eigenvalue weighted by Gasteiger charge is -2.43. The van der Waals surface area contributed by atoms with Gasteiger partial charge in [0.2, 0.25) is 0 Å². The van der Waals surface area contributed by atoms with E-state index in [-0.39, 0.29) is 11.6 Å². The predicted octanol–water partition coefficient (Wildman–Crippen LogP) is 3.11. The third-order valence-electron chi connectivity index (χ3n) is 4.88. The molecule has 0 spiro atoms. The molecular formula is C18H33N3. The van der Waals surface area contributed by atoms with Crippen LogP contribution in [0.1, 0.15) is 49.9 Å². The second-order valence-corrected chi connectivity index (χ2v) is 6.63. The first-order valence-electron chi connectivity index (χ1n) is 8.05. The summed E-state index contributed by atoms with van der Waals surface area (Å²) in [5.41, 5.74) is 8.56. The first-order chi connectivity index (χ1) is 9.77. The minimum atomic E-state index is 0.0159. The smallest absolute Gasteiger partial charge is 0.0429 e. The van der Waals surface area contributed by atoms with Gasteiger partial charge in [0, 0.05) is 11.6 Å². The number of rotatable bonds is 7. The van der Waals surface area contributed by atoms with Gasteiger partial charge in [-0.1, -0.05) is 31.5 Å². The Morgan fingerprint density at radius 3 is 1.95 bits per heavy atom. The predicted molar refractivity (Wildman–Crippen MR) is 92.5 cm³/mol. The van der Waals surface area contributed by atoms with E-state index in [1.807, 2.05) is 0 Å². The fourth-order valence-electron chi connectivity index (χ4n) is 3.51. The third-order valence-corrected chi connectivity index (χ3v) is 4.88. The Labute approximate surface area is 130 Å². The summed E-state index contributed by atoms with van der Waals surface area (Å²) in [7, 11) is 0. The van der Waals surface area contributed by atoms with E-state index in [4.69, 9.17) is 5.84 Å². The number of benzene rings is 1. The van der Waals surface area contributed by atoms with Gasteiger partial charge in [0.15, 0.2) is 0 Å². The van der Waals surface area contributed by atoms with Crippen LogP contribution in [0.2, 0.25) is 0 Å². The highest BCUT2D eigenvalue weighted by atomic mass is 15.3.